The predicted octanol–water partition coefficient (Wildman–Crippen LogP) is 3.87. The van der Waals surface area contributed by atoms with Crippen molar-refractivity contribution in [1.29, 1.82) is 0 Å². The smallest absolute Gasteiger partial charge is 0.359 e. The fourth-order valence-corrected chi connectivity index (χ4v) is 9.20. The normalized spacial score (nSPS) is 18.0. The van der Waals surface area contributed by atoms with Crippen LogP contribution in [0.2, 0.25) is 0 Å². The van der Waals surface area contributed by atoms with E-state index in [1.807, 2.05) is 0 Å². The molecule has 0 heterocycles. The zero-order valence-electron chi connectivity index (χ0n) is 20.5. The first kappa shape index (κ1) is 27.9. The number of ketones is 1. The van der Waals surface area contributed by atoms with Gasteiger partial charge in [0.1, 0.15) is 10.7 Å². The molecule has 4 rings (SSSR count). The van der Waals surface area contributed by atoms with Gasteiger partial charge in [-0.05, 0) is 42.5 Å². The third-order valence-electron chi connectivity index (χ3n) is 6.06. The third-order valence-corrected chi connectivity index (χ3v) is 11.8. The van der Waals surface area contributed by atoms with Gasteiger partial charge >= 0.3 is 7.60 Å². The largest absolute Gasteiger partial charge is 0.497 e. The van der Waals surface area contributed by atoms with Crippen molar-refractivity contribution in [2.45, 2.75) is 15.1 Å². The van der Waals surface area contributed by atoms with Crippen LogP contribution in [0.15, 0.2) is 99.6 Å². The van der Waals surface area contributed by atoms with Crippen LogP contribution in [0.4, 0.5) is 0 Å². The highest BCUT2D eigenvalue weighted by molar-refractivity contribution is 7.96. The molecule has 0 fully saturated rings. The molecule has 1 N–H and O–H groups in total. The van der Waals surface area contributed by atoms with Crippen molar-refractivity contribution in [3.63, 3.8) is 0 Å². The number of hydrogen-bond acceptors (Lipinski definition) is 9. The Morgan fingerprint density at radius 2 is 1.34 bits per heavy atom. The van der Waals surface area contributed by atoms with Crippen LogP contribution in [-0.4, -0.2) is 43.9 Å². The molecule has 0 aromatic heterocycles. The maximum atomic E-state index is 14.2. The van der Waals surface area contributed by atoms with Crippen molar-refractivity contribution in [2.75, 3.05) is 21.3 Å². The maximum Gasteiger partial charge on any atom is 0.359 e. The van der Waals surface area contributed by atoms with Gasteiger partial charge in [0.15, 0.2) is 5.28 Å². The van der Waals surface area contributed by atoms with Gasteiger partial charge in [-0.3, -0.25) is 9.36 Å². The summed E-state index contributed by atoms with van der Waals surface area (Å²) in [6.45, 7) is 0. The van der Waals surface area contributed by atoms with E-state index in [0.29, 0.717) is 5.75 Å². The number of benzene rings is 3. The molecule has 3 aromatic carbocycles. The summed E-state index contributed by atoms with van der Waals surface area (Å²) in [5.41, 5.74) is -0.280. The molecule has 38 heavy (non-hydrogen) atoms. The van der Waals surface area contributed by atoms with Crippen molar-refractivity contribution in [3.05, 3.63) is 101 Å². The maximum absolute atomic E-state index is 14.2. The van der Waals surface area contributed by atoms with Crippen molar-refractivity contribution in [3.8, 4) is 5.75 Å². The Morgan fingerprint density at radius 3 is 1.92 bits per heavy atom. The van der Waals surface area contributed by atoms with E-state index < -0.39 is 43.4 Å². The molecule has 0 saturated heterocycles. The molecule has 1 atom stereocenters. The highest BCUT2D eigenvalue weighted by Crippen LogP contribution is 2.66. The van der Waals surface area contributed by atoms with Gasteiger partial charge < -0.3 is 13.8 Å². The molecule has 10 nitrogen and oxygen atoms in total. The molecule has 1 aliphatic carbocycles. The zero-order valence-corrected chi connectivity index (χ0v) is 23.0. The van der Waals surface area contributed by atoms with E-state index in [1.165, 1.54) is 79.9 Å². The van der Waals surface area contributed by atoms with Crippen molar-refractivity contribution < 1.29 is 40.0 Å². The van der Waals surface area contributed by atoms with Gasteiger partial charge in [0, 0.05) is 25.3 Å². The van der Waals surface area contributed by atoms with E-state index in [0.717, 1.165) is 20.3 Å². The lowest BCUT2D eigenvalue weighted by Crippen LogP contribution is -2.48. The van der Waals surface area contributed by atoms with Gasteiger partial charge in [-0.2, -0.15) is 4.72 Å². The van der Waals surface area contributed by atoms with Gasteiger partial charge in [-0.1, -0.05) is 42.5 Å². The lowest BCUT2D eigenvalue weighted by molar-refractivity contribution is 0.103. The molecule has 0 radical (unpaired) electrons. The van der Waals surface area contributed by atoms with Crippen LogP contribution in [0, 0.1) is 0 Å². The van der Waals surface area contributed by atoms with Crippen molar-refractivity contribution >= 4 is 33.2 Å². The second-order valence-electron chi connectivity index (χ2n) is 8.11. The Labute approximate surface area is 220 Å². The van der Waals surface area contributed by atoms with Crippen LogP contribution in [0.1, 0.15) is 15.9 Å². The second-order valence-corrected chi connectivity index (χ2v) is 14.1. The quantitative estimate of drug-likeness (QED) is 0.375. The summed E-state index contributed by atoms with van der Waals surface area (Å²) >= 11 is 0. The van der Waals surface area contributed by atoms with Crippen molar-refractivity contribution in [1.82, 2.24) is 4.72 Å². The second kappa shape index (κ2) is 10.2. The Morgan fingerprint density at radius 1 is 0.763 bits per heavy atom. The molecule has 200 valence electrons. The average Bonchev–Trinajstić information content (AvgIpc) is 2.94. The van der Waals surface area contributed by atoms with E-state index in [1.54, 1.807) is 6.07 Å². The molecule has 0 saturated carbocycles. The SMILES string of the molecule is COc1ccc(S(=O)(=O)NC2(P(=O)(OC)OC)C=C(S(=O)(=O)c3ccccc3)C(=O)c3ccccc32)cc1. The number of fused-ring (bicyclic) bond motifs is 1. The number of nitrogens with one attached hydrogen (secondary N) is 1. The number of allylic oxidation sites excluding steroid dienone is 1. The molecule has 13 heteroatoms. The number of methoxy groups -OCH3 is 1. The van der Waals surface area contributed by atoms with Crippen LogP contribution < -0.4 is 9.46 Å². The summed E-state index contributed by atoms with van der Waals surface area (Å²) in [5, 5.41) is -2.43. The van der Waals surface area contributed by atoms with E-state index in [2.05, 4.69) is 4.72 Å². The minimum absolute atomic E-state index is 0.0962. The highest BCUT2D eigenvalue weighted by atomic mass is 32.2. The van der Waals surface area contributed by atoms with E-state index in [-0.39, 0.29) is 20.9 Å². The van der Waals surface area contributed by atoms with Crippen LogP contribution in [0.3, 0.4) is 0 Å². The molecule has 0 amide bonds. The van der Waals surface area contributed by atoms with Crippen LogP contribution >= 0.6 is 7.60 Å². The summed E-state index contributed by atoms with van der Waals surface area (Å²) in [6.07, 6.45) is 0.814. The highest BCUT2D eigenvalue weighted by Gasteiger charge is 2.58. The number of carbonyl (C=O) groups is 1. The number of sulfone groups is 1. The molecule has 0 spiro atoms. The number of Topliss-reactive ketones (excluding diaryl/α,β-unsaturated/α-hetero) is 1. The first-order valence-corrected chi connectivity index (χ1v) is 15.5. The number of ether oxygens (including phenoxy) is 1. The van der Waals surface area contributed by atoms with Gasteiger partial charge in [-0.15, -0.1) is 0 Å². The molecular weight excluding hydrogens is 553 g/mol. The van der Waals surface area contributed by atoms with E-state index in [4.69, 9.17) is 13.8 Å². The zero-order chi connectivity index (χ0) is 27.8. The minimum atomic E-state index is -4.59. The molecule has 3 aromatic rings. The van der Waals surface area contributed by atoms with E-state index >= 15 is 0 Å². The van der Waals surface area contributed by atoms with Crippen LogP contribution in [-0.2, 0) is 38.8 Å². The van der Waals surface area contributed by atoms with Gasteiger partial charge in [0.25, 0.3) is 0 Å². The summed E-state index contributed by atoms with van der Waals surface area (Å²) in [4.78, 5) is 12.3. The topological polar surface area (TPSA) is 142 Å². The summed E-state index contributed by atoms with van der Waals surface area (Å²) in [6, 6.07) is 18.1. The van der Waals surface area contributed by atoms with Gasteiger partial charge in [0.2, 0.25) is 25.6 Å². The van der Waals surface area contributed by atoms with E-state index in [9.17, 15) is 26.2 Å². The number of rotatable bonds is 9. The molecular formula is C25H24NO9PS2. The average molecular weight is 578 g/mol. The fourth-order valence-electron chi connectivity index (χ4n) is 4.15. The standard InChI is InChI=1S/C25H24NO9PS2/c1-33-18-13-15-20(16-14-18)38(31,32)26-25(36(28,34-2)35-3)17-23(24(27)21-11-7-8-12-22(21)25)37(29,30)19-9-5-4-6-10-19/h4-17,26H,1-3H3. The molecule has 1 aliphatic rings. The molecule has 0 bridgehead atoms. The summed E-state index contributed by atoms with van der Waals surface area (Å²) in [5.74, 6) is -0.509. The van der Waals surface area contributed by atoms with Crippen molar-refractivity contribution in [2.24, 2.45) is 0 Å². The summed E-state index contributed by atoms with van der Waals surface area (Å²) in [7, 11) is -10.1. The minimum Gasteiger partial charge on any atom is -0.497 e. The molecule has 0 aliphatic heterocycles. The number of hydrogen-bond donors (Lipinski definition) is 1. The van der Waals surface area contributed by atoms with Gasteiger partial charge in [0.05, 0.1) is 16.9 Å². The lowest BCUT2D eigenvalue weighted by Gasteiger charge is -2.39. The Balaban J connectivity index is 2.06. The first-order chi connectivity index (χ1) is 18.0. The lowest BCUT2D eigenvalue weighted by atomic mass is 9.92. The fraction of sp³-hybridized carbons (Fsp3) is 0.160. The Hall–Kier alpha value is -3.12. The number of carbonyl (C=O) groups excluding carboxylic acids is 1. The van der Waals surface area contributed by atoms with Crippen LogP contribution in [0.5, 0.6) is 5.75 Å². The van der Waals surface area contributed by atoms with Gasteiger partial charge in [-0.25, -0.2) is 16.8 Å². The molecule has 1 unspecified atom stereocenters. The first-order valence-electron chi connectivity index (χ1n) is 11.0. The Kier molecular flexibility index (Phi) is 7.50. The predicted molar refractivity (Wildman–Crippen MR) is 139 cm³/mol. The monoisotopic (exact) mass is 577 g/mol. The summed E-state index contributed by atoms with van der Waals surface area (Å²) < 4.78 is 86.7. The third kappa shape index (κ3) is 4.53. The Bertz CT molecular complexity index is 1660. The van der Waals surface area contributed by atoms with Crippen LogP contribution in [0.25, 0.3) is 0 Å². The number of sulfonamides is 1.